The van der Waals surface area contributed by atoms with E-state index in [1.807, 2.05) is 12.1 Å². The quantitative estimate of drug-likeness (QED) is 0.735. The number of rotatable bonds is 5. The molecule has 0 radical (unpaired) electrons. The Morgan fingerprint density at radius 2 is 1.97 bits per heavy atom. The van der Waals surface area contributed by atoms with Crippen LogP contribution in [0.4, 0.5) is 11.5 Å². The first-order valence-corrected chi connectivity index (χ1v) is 10.7. The van der Waals surface area contributed by atoms with E-state index in [4.69, 9.17) is 15.2 Å². The second kappa shape index (κ2) is 8.91. The van der Waals surface area contributed by atoms with Crippen LogP contribution in [0.15, 0.2) is 24.3 Å². The van der Waals surface area contributed by atoms with Crippen LogP contribution in [-0.4, -0.2) is 42.6 Å². The van der Waals surface area contributed by atoms with Crippen molar-refractivity contribution in [1.82, 2.24) is 9.97 Å². The molecule has 2 aliphatic rings. The molecule has 0 saturated heterocycles. The smallest absolute Gasteiger partial charge is 0.318 e. The van der Waals surface area contributed by atoms with Crippen molar-refractivity contribution in [1.29, 1.82) is 0 Å². The third-order valence-corrected chi connectivity index (χ3v) is 6.35. The Labute approximate surface area is 181 Å². The van der Waals surface area contributed by atoms with Gasteiger partial charge < -0.3 is 20.1 Å². The highest BCUT2D eigenvalue weighted by Crippen LogP contribution is 2.38. The molecule has 2 heterocycles. The standard InChI is InChI=1S/C23H28N4O4/c1-30-19(28)13-14-4-3-5-16(12-14)15-6-8-17(9-7-15)27-11-10-18-20(22(27)29)21(24)26-23(25-18)31-2/h6-9,14,16H,3-5,10-13H2,1-2H3,(H2,24,25,26). The number of hydrogen-bond acceptors (Lipinski definition) is 7. The molecule has 2 aromatic rings. The Kier molecular flexibility index (Phi) is 6.06. The topological polar surface area (TPSA) is 108 Å². The predicted octanol–water partition coefficient (Wildman–Crippen LogP) is 3.11. The van der Waals surface area contributed by atoms with Gasteiger partial charge in [0.05, 0.1) is 19.9 Å². The van der Waals surface area contributed by atoms with Gasteiger partial charge in [-0.3, -0.25) is 9.59 Å². The average molecular weight is 425 g/mol. The minimum atomic E-state index is -0.190. The number of hydrogen-bond donors (Lipinski definition) is 1. The molecule has 0 bridgehead atoms. The molecule has 2 N–H and O–H groups in total. The van der Waals surface area contributed by atoms with E-state index in [-0.39, 0.29) is 23.7 Å². The van der Waals surface area contributed by atoms with Crippen molar-refractivity contribution in [2.45, 2.75) is 44.4 Å². The molecule has 1 aromatic carbocycles. The maximum absolute atomic E-state index is 13.1. The van der Waals surface area contributed by atoms with Crippen LogP contribution >= 0.6 is 0 Å². The van der Waals surface area contributed by atoms with Crippen LogP contribution in [0, 0.1) is 5.92 Å². The molecule has 4 rings (SSSR count). The van der Waals surface area contributed by atoms with E-state index in [9.17, 15) is 9.59 Å². The molecule has 1 aliphatic carbocycles. The Bertz CT molecular complexity index is 976. The highest BCUT2D eigenvalue weighted by atomic mass is 16.5. The normalized spacial score (nSPS) is 20.8. The number of carbonyl (C=O) groups excluding carboxylic acids is 2. The summed E-state index contributed by atoms with van der Waals surface area (Å²) in [6, 6.07) is 8.35. The molecule has 1 aromatic heterocycles. The second-order valence-corrected chi connectivity index (χ2v) is 8.23. The van der Waals surface area contributed by atoms with Gasteiger partial charge in [-0.15, -0.1) is 0 Å². The van der Waals surface area contributed by atoms with Crippen LogP contribution in [0.5, 0.6) is 6.01 Å². The van der Waals surface area contributed by atoms with Crippen LogP contribution in [0.2, 0.25) is 0 Å². The van der Waals surface area contributed by atoms with Crippen molar-refractivity contribution in [3.05, 3.63) is 41.1 Å². The van der Waals surface area contributed by atoms with Crippen molar-refractivity contribution >= 4 is 23.4 Å². The number of nitrogens with zero attached hydrogens (tertiary/aromatic N) is 3. The number of nitrogen functional groups attached to an aromatic ring is 1. The first kappa shape index (κ1) is 21.1. The minimum absolute atomic E-state index is 0.134. The first-order valence-electron chi connectivity index (χ1n) is 10.7. The minimum Gasteiger partial charge on any atom is -0.469 e. The molecule has 31 heavy (non-hydrogen) atoms. The number of benzene rings is 1. The Balaban J connectivity index is 1.48. The monoisotopic (exact) mass is 424 g/mol. The van der Waals surface area contributed by atoms with Crippen LogP contribution in [0.1, 0.15) is 59.6 Å². The molecular weight excluding hydrogens is 396 g/mol. The van der Waals surface area contributed by atoms with E-state index in [0.29, 0.717) is 42.5 Å². The van der Waals surface area contributed by atoms with Crippen LogP contribution in [0.25, 0.3) is 0 Å². The van der Waals surface area contributed by atoms with Gasteiger partial charge in [-0.05, 0) is 48.8 Å². The Morgan fingerprint density at radius 1 is 1.19 bits per heavy atom. The van der Waals surface area contributed by atoms with Crippen molar-refractivity contribution in [3.8, 4) is 6.01 Å². The lowest BCUT2D eigenvalue weighted by Crippen LogP contribution is -2.39. The van der Waals surface area contributed by atoms with Crippen molar-refractivity contribution in [3.63, 3.8) is 0 Å². The number of amides is 1. The summed E-state index contributed by atoms with van der Waals surface area (Å²) in [5, 5.41) is 0. The summed E-state index contributed by atoms with van der Waals surface area (Å²) in [5.74, 6) is 0.612. The highest BCUT2D eigenvalue weighted by Gasteiger charge is 2.31. The van der Waals surface area contributed by atoms with Crippen molar-refractivity contribution in [2.75, 3.05) is 31.4 Å². The number of fused-ring (bicyclic) bond motifs is 1. The van der Waals surface area contributed by atoms with Crippen molar-refractivity contribution in [2.24, 2.45) is 5.92 Å². The van der Waals surface area contributed by atoms with Gasteiger partial charge in [0.15, 0.2) is 0 Å². The number of methoxy groups -OCH3 is 2. The van der Waals surface area contributed by atoms with Crippen LogP contribution in [0.3, 0.4) is 0 Å². The number of aromatic nitrogens is 2. The summed E-state index contributed by atoms with van der Waals surface area (Å²) in [6.07, 6.45) is 5.35. The fourth-order valence-corrected chi connectivity index (χ4v) is 4.73. The zero-order chi connectivity index (χ0) is 22.0. The highest BCUT2D eigenvalue weighted by molar-refractivity contribution is 6.10. The summed E-state index contributed by atoms with van der Waals surface area (Å²) < 4.78 is 9.89. The molecule has 1 saturated carbocycles. The van der Waals surface area contributed by atoms with E-state index in [1.165, 1.54) is 19.8 Å². The van der Waals surface area contributed by atoms with Gasteiger partial charge in [0, 0.05) is 25.1 Å². The third kappa shape index (κ3) is 4.33. The van der Waals surface area contributed by atoms with E-state index in [2.05, 4.69) is 22.1 Å². The molecule has 2 atom stereocenters. The number of ether oxygens (including phenoxy) is 2. The summed E-state index contributed by atoms with van der Waals surface area (Å²) >= 11 is 0. The number of nitrogens with two attached hydrogens (primary N) is 1. The van der Waals surface area contributed by atoms with E-state index in [0.717, 1.165) is 31.4 Å². The summed E-state index contributed by atoms with van der Waals surface area (Å²) in [7, 11) is 2.92. The molecule has 1 fully saturated rings. The molecule has 0 spiro atoms. The SMILES string of the molecule is COC(=O)CC1CCCC(c2ccc(N3CCc4nc(OC)nc(N)c4C3=O)cc2)C1. The average Bonchev–Trinajstić information content (AvgIpc) is 2.79. The first-order chi connectivity index (χ1) is 15.0. The second-order valence-electron chi connectivity index (χ2n) is 8.23. The van der Waals surface area contributed by atoms with Crippen LogP contribution < -0.4 is 15.4 Å². The molecular formula is C23H28N4O4. The predicted molar refractivity (Wildman–Crippen MR) is 116 cm³/mol. The molecule has 8 nitrogen and oxygen atoms in total. The van der Waals surface area contributed by atoms with Crippen LogP contribution in [-0.2, 0) is 16.0 Å². The summed E-state index contributed by atoms with van der Waals surface area (Å²) in [5.41, 5.74) is 9.07. The zero-order valence-corrected chi connectivity index (χ0v) is 18.0. The fraction of sp³-hybridized carbons (Fsp3) is 0.478. The molecule has 8 heteroatoms. The lowest BCUT2D eigenvalue weighted by molar-refractivity contribution is -0.142. The van der Waals surface area contributed by atoms with Gasteiger partial charge in [0.25, 0.3) is 5.91 Å². The lowest BCUT2D eigenvalue weighted by atomic mass is 9.77. The lowest BCUT2D eigenvalue weighted by Gasteiger charge is -2.30. The summed E-state index contributed by atoms with van der Waals surface area (Å²) in [4.78, 5) is 34.8. The van der Waals surface area contributed by atoms with Gasteiger partial charge in [0.2, 0.25) is 0 Å². The zero-order valence-electron chi connectivity index (χ0n) is 18.0. The molecule has 2 unspecified atom stereocenters. The Morgan fingerprint density at radius 3 is 2.68 bits per heavy atom. The van der Waals surface area contributed by atoms with E-state index < -0.39 is 0 Å². The van der Waals surface area contributed by atoms with Gasteiger partial charge >= 0.3 is 12.0 Å². The van der Waals surface area contributed by atoms with Gasteiger partial charge in [0.1, 0.15) is 11.4 Å². The van der Waals surface area contributed by atoms with E-state index >= 15 is 0 Å². The van der Waals surface area contributed by atoms with Gasteiger partial charge in [-0.2, -0.15) is 9.97 Å². The largest absolute Gasteiger partial charge is 0.469 e. The number of anilines is 2. The maximum Gasteiger partial charge on any atom is 0.318 e. The fourth-order valence-electron chi connectivity index (χ4n) is 4.73. The number of esters is 1. The van der Waals surface area contributed by atoms with Crippen molar-refractivity contribution < 1.29 is 19.1 Å². The molecule has 164 valence electrons. The Hall–Kier alpha value is -3.16. The van der Waals surface area contributed by atoms with Gasteiger partial charge in [-0.25, -0.2) is 0 Å². The van der Waals surface area contributed by atoms with Gasteiger partial charge in [-0.1, -0.05) is 18.6 Å². The molecule has 1 amide bonds. The molecule has 1 aliphatic heterocycles. The number of carbonyl (C=O) groups is 2. The van der Waals surface area contributed by atoms with E-state index in [1.54, 1.807) is 4.90 Å². The third-order valence-electron chi connectivity index (χ3n) is 6.35. The summed E-state index contributed by atoms with van der Waals surface area (Å²) in [6.45, 7) is 0.523. The maximum atomic E-state index is 13.1.